The quantitative estimate of drug-likeness (QED) is 0.123. The largest absolute Gasteiger partial charge is 0.506 e. The van der Waals surface area contributed by atoms with E-state index in [0.717, 1.165) is 77.6 Å². The average Bonchev–Trinajstić information content (AvgIpc) is 4.12. The predicted octanol–water partition coefficient (Wildman–Crippen LogP) is 7.76. The van der Waals surface area contributed by atoms with Crippen molar-refractivity contribution in [1.82, 2.24) is 40.2 Å². The van der Waals surface area contributed by atoms with Gasteiger partial charge in [-0.1, -0.05) is 42.5 Å². The van der Waals surface area contributed by atoms with Crippen LogP contribution in [-0.4, -0.2) is 58.5 Å². The van der Waals surface area contributed by atoms with E-state index < -0.39 is 0 Å². The number of nitrogens with one attached hydrogen (secondary N) is 2. The topological polar surface area (TPSA) is 140 Å². The Morgan fingerprint density at radius 3 is 1.65 bits per heavy atom. The van der Waals surface area contributed by atoms with Crippen molar-refractivity contribution in [2.24, 2.45) is 0 Å². The Kier molecular flexibility index (Phi) is 10.7. The van der Waals surface area contributed by atoms with Gasteiger partial charge in [-0.05, 0) is 116 Å². The van der Waals surface area contributed by atoms with Crippen molar-refractivity contribution < 1.29 is 14.7 Å². The zero-order valence-electron chi connectivity index (χ0n) is 32.0. The fourth-order valence-electron chi connectivity index (χ4n) is 6.56. The zero-order chi connectivity index (χ0) is 39.3. The molecule has 2 aliphatic carbocycles. The van der Waals surface area contributed by atoms with Crippen LogP contribution in [0.5, 0.6) is 5.75 Å². The van der Waals surface area contributed by atoms with Crippen LogP contribution in [0.15, 0.2) is 128 Å². The second kappa shape index (κ2) is 16.5. The van der Waals surface area contributed by atoms with Gasteiger partial charge < -0.3 is 15.7 Å². The summed E-state index contributed by atoms with van der Waals surface area (Å²) in [6, 6.07) is 26.4. The minimum atomic E-state index is -0.0340. The van der Waals surface area contributed by atoms with E-state index in [4.69, 9.17) is 0 Å². The van der Waals surface area contributed by atoms with Crippen LogP contribution in [0.3, 0.4) is 0 Å². The number of pyridine rings is 2. The number of benzene rings is 3. The number of aromatic nitrogens is 6. The van der Waals surface area contributed by atoms with Crippen molar-refractivity contribution in [1.29, 1.82) is 0 Å². The Morgan fingerprint density at radius 1 is 0.614 bits per heavy atom. The summed E-state index contributed by atoms with van der Waals surface area (Å²) in [6.45, 7) is 4.06. The van der Waals surface area contributed by atoms with Crippen molar-refractivity contribution in [3.8, 4) is 39.4 Å². The molecule has 9 rings (SSSR count). The molecular formula is C46H44N8O3. The molecule has 57 heavy (non-hydrogen) atoms. The maximum absolute atomic E-state index is 12.5. The predicted molar refractivity (Wildman–Crippen MR) is 220 cm³/mol. The third-order valence-corrected chi connectivity index (χ3v) is 10.2. The van der Waals surface area contributed by atoms with Crippen LogP contribution in [-0.2, 0) is 12.8 Å². The van der Waals surface area contributed by atoms with Crippen molar-refractivity contribution in [2.45, 2.75) is 64.5 Å². The van der Waals surface area contributed by atoms with Crippen molar-refractivity contribution >= 4 is 11.8 Å². The lowest BCUT2D eigenvalue weighted by Gasteiger charge is -2.08. The highest BCUT2D eigenvalue weighted by atomic mass is 16.3. The van der Waals surface area contributed by atoms with Gasteiger partial charge in [0.05, 0.1) is 42.4 Å². The van der Waals surface area contributed by atoms with E-state index in [2.05, 4.69) is 68.1 Å². The van der Waals surface area contributed by atoms with Gasteiger partial charge in [0, 0.05) is 59.0 Å². The molecule has 7 aromatic rings. The second-order valence-electron chi connectivity index (χ2n) is 14.8. The molecule has 286 valence electrons. The normalized spacial score (nSPS) is 13.4. The van der Waals surface area contributed by atoms with Crippen molar-refractivity contribution in [3.05, 3.63) is 162 Å². The molecule has 11 nitrogen and oxygen atoms in total. The summed E-state index contributed by atoms with van der Waals surface area (Å²) in [6.07, 6.45) is 20.4. The van der Waals surface area contributed by atoms with Gasteiger partial charge in [0.2, 0.25) is 0 Å². The SMILES string of the molecule is Cc1ccc(C(=O)NC2CC2)cc1-c1cnn(-c2cncc(CCc3ccccc3)c2)c1.Cc1ccc(C(=O)NC2CC2)cc1-c1cnn(-c2cncc(O)c2)c1. The van der Waals surface area contributed by atoms with Gasteiger partial charge in [0.15, 0.2) is 0 Å². The molecular weight excluding hydrogens is 713 g/mol. The average molecular weight is 757 g/mol. The van der Waals surface area contributed by atoms with Gasteiger partial charge in [-0.15, -0.1) is 0 Å². The maximum Gasteiger partial charge on any atom is 0.251 e. The van der Waals surface area contributed by atoms with Gasteiger partial charge in [-0.25, -0.2) is 9.36 Å². The molecule has 0 radical (unpaired) electrons. The van der Waals surface area contributed by atoms with Crippen LogP contribution in [0.25, 0.3) is 33.6 Å². The zero-order valence-corrected chi connectivity index (χ0v) is 32.0. The summed E-state index contributed by atoms with van der Waals surface area (Å²) in [7, 11) is 0. The second-order valence-corrected chi connectivity index (χ2v) is 14.8. The number of aromatic hydroxyl groups is 1. The van der Waals surface area contributed by atoms with Gasteiger partial charge in [-0.3, -0.25) is 19.6 Å². The van der Waals surface area contributed by atoms with Crippen LogP contribution in [0.4, 0.5) is 0 Å². The molecule has 2 aliphatic rings. The molecule has 0 spiro atoms. The smallest absolute Gasteiger partial charge is 0.251 e. The summed E-state index contributed by atoms with van der Waals surface area (Å²) in [5, 5.41) is 24.6. The summed E-state index contributed by atoms with van der Waals surface area (Å²) < 4.78 is 3.50. The molecule has 0 bridgehead atoms. The molecule has 2 saturated carbocycles. The Labute approximate surface area is 331 Å². The van der Waals surface area contributed by atoms with Gasteiger partial charge >= 0.3 is 0 Å². The van der Waals surface area contributed by atoms with E-state index in [1.165, 1.54) is 17.3 Å². The summed E-state index contributed by atoms with van der Waals surface area (Å²) in [4.78, 5) is 33.2. The number of carbonyl (C=O) groups is 2. The summed E-state index contributed by atoms with van der Waals surface area (Å²) >= 11 is 0. The molecule has 3 aromatic carbocycles. The monoisotopic (exact) mass is 756 g/mol. The number of carbonyl (C=O) groups excluding carboxylic acids is 2. The Bertz CT molecular complexity index is 2530. The summed E-state index contributed by atoms with van der Waals surface area (Å²) in [5.74, 6) is 0.0502. The first-order valence-electron chi connectivity index (χ1n) is 19.3. The molecule has 0 saturated heterocycles. The molecule has 11 heteroatoms. The van der Waals surface area contributed by atoms with Gasteiger partial charge in [0.1, 0.15) is 5.75 Å². The lowest BCUT2D eigenvalue weighted by Crippen LogP contribution is -2.25. The van der Waals surface area contributed by atoms with E-state index >= 15 is 0 Å². The first-order valence-corrected chi connectivity index (χ1v) is 19.3. The summed E-state index contributed by atoms with van der Waals surface area (Å²) in [5.41, 5.74) is 11.5. The van der Waals surface area contributed by atoms with Crippen LogP contribution in [0.2, 0.25) is 0 Å². The molecule has 0 unspecified atom stereocenters. The highest BCUT2D eigenvalue weighted by molar-refractivity contribution is 5.96. The van der Waals surface area contributed by atoms with Gasteiger partial charge in [0.25, 0.3) is 11.8 Å². The first-order chi connectivity index (χ1) is 27.8. The number of rotatable bonds is 11. The van der Waals surface area contributed by atoms with E-state index in [-0.39, 0.29) is 17.6 Å². The fourth-order valence-corrected chi connectivity index (χ4v) is 6.56. The number of amides is 2. The maximum atomic E-state index is 12.5. The van der Waals surface area contributed by atoms with E-state index in [0.29, 0.717) is 28.9 Å². The number of nitrogens with zero attached hydrogens (tertiary/aromatic N) is 6. The van der Waals surface area contributed by atoms with E-state index in [1.54, 1.807) is 23.1 Å². The lowest BCUT2D eigenvalue weighted by atomic mass is 10.00. The Hall–Kier alpha value is -6.88. The Morgan fingerprint density at radius 2 is 1.12 bits per heavy atom. The van der Waals surface area contributed by atoms with Crippen LogP contribution < -0.4 is 10.6 Å². The lowest BCUT2D eigenvalue weighted by molar-refractivity contribution is 0.0942. The van der Waals surface area contributed by atoms with Crippen LogP contribution in [0, 0.1) is 13.8 Å². The molecule has 3 N–H and O–H groups in total. The molecule has 0 atom stereocenters. The third kappa shape index (κ3) is 9.33. The van der Waals surface area contributed by atoms with E-state index in [1.807, 2.05) is 85.1 Å². The standard InChI is InChI=1S/C27H26N4O.C19H18N4O2/c1-19-7-10-22(27(32)30-24-11-12-24)14-26(19)23-16-29-31(18-23)25-13-21(15-28-17-25)9-8-20-5-3-2-4-6-20;1-12-2-3-13(19(25)22-15-4-5-15)6-18(12)14-8-21-23(11-14)16-7-17(24)10-20-9-16/h2-7,10,13-18,24H,8-9,11-12H2,1H3,(H,30,32);2-3,6-11,15,24H,4-5H2,1H3,(H,22,25). The highest BCUT2D eigenvalue weighted by Crippen LogP contribution is 2.28. The first kappa shape index (κ1) is 37.1. The third-order valence-electron chi connectivity index (χ3n) is 10.2. The molecule has 4 heterocycles. The highest BCUT2D eigenvalue weighted by Gasteiger charge is 2.25. The number of hydrogen-bond acceptors (Lipinski definition) is 7. The van der Waals surface area contributed by atoms with E-state index in [9.17, 15) is 14.7 Å². The van der Waals surface area contributed by atoms with Crippen molar-refractivity contribution in [3.63, 3.8) is 0 Å². The van der Waals surface area contributed by atoms with Crippen LogP contribution in [0.1, 0.15) is 68.7 Å². The number of aryl methyl sites for hydroxylation is 4. The molecule has 0 aliphatic heterocycles. The van der Waals surface area contributed by atoms with Crippen molar-refractivity contribution in [2.75, 3.05) is 0 Å². The van der Waals surface area contributed by atoms with Crippen LogP contribution >= 0.6 is 0 Å². The molecule has 4 aromatic heterocycles. The molecule has 2 amide bonds. The van der Waals surface area contributed by atoms with Gasteiger partial charge in [-0.2, -0.15) is 10.2 Å². The number of hydrogen-bond donors (Lipinski definition) is 3. The fraction of sp³-hybridized carbons (Fsp3) is 0.217. The minimum Gasteiger partial charge on any atom is -0.506 e. The molecule has 2 fully saturated rings. The Balaban J connectivity index is 0.000000165. The minimum absolute atomic E-state index is 0.00328.